The fourth-order valence-electron chi connectivity index (χ4n) is 3.33. The van der Waals surface area contributed by atoms with Gasteiger partial charge in [-0.05, 0) is 37.8 Å². The van der Waals surface area contributed by atoms with Crippen LogP contribution < -0.4 is 5.32 Å². The Kier molecular flexibility index (Phi) is 8.19. The van der Waals surface area contributed by atoms with E-state index in [4.69, 9.17) is 9.47 Å². The van der Waals surface area contributed by atoms with E-state index in [-0.39, 0.29) is 18.6 Å². The molecule has 2 rings (SSSR count). The smallest absolute Gasteiger partial charge is 0.380 e. The number of hydrogen-bond acceptors (Lipinski definition) is 3. The van der Waals surface area contributed by atoms with E-state index in [1.807, 2.05) is 6.92 Å². The Morgan fingerprint density at radius 3 is 2.64 bits per heavy atom. The van der Waals surface area contributed by atoms with Gasteiger partial charge in [0.15, 0.2) is 0 Å². The quantitative estimate of drug-likeness (QED) is 0.670. The molecule has 0 aliphatic heterocycles. The lowest BCUT2D eigenvalue weighted by molar-refractivity contribution is -0.138. The van der Waals surface area contributed by atoms with Gasteiger partial charge in [0.05, 0.1) is 24.9 Å². The lowest BCUT2D eigenvalue weighted by Gasteiger charge is -2.32. The topological polar surface area (TPSA) is 30.5 Å². The molecule has 2 atom stereocenters. The molecule has 0 aromatic heterocycles. The fraction of sp³-hybridized carbons (Fsp3) is 0.684. The van der Waals surface area contributed by atoms with Crippen molar-refractivity contribution in [2.24, 2.45) is 0 Å². The number of ether oxygens (including phenoxy) is 2. The second kappa shape index (κ2) is 10.1. The lowest BCUT2D eigenvalue weighted by Crippen LogP contribution is -2.45. The van der Waals surface area contributed by atoms with Gasteiger partial charge in [0.25, 0.3) is 0 Å². The fourth-order valence-corrected chi connectivity index (χ4v) is 3.33. The van der Waals surface area contributed by atoms with Crippen LogP contribution in [0.25, 0.3) is 0 Å². The maximum absolute atomic E-state index is 13.0. The van der Waals surface area contributed by atoms with Crippen LogP contribution in [0.1, 0.15) is 43.7 Å². The van der Waals surface area contributed by atoms with E-state index in [0.717, 1.165) is 38.3 Å². The van der Waals surface area contributed by atoms with Crippen LogP contribution in [0.4, 0.5) is 13.2 Å². The van der Waals surface area contributed by atoms with Gasteiger partial charge in [-0.2, -0.15) is 13.2 Å². The summed E-state index contributed by atoms with van der Waals surface area (Å²) in [6, 6.07) is 5.99. The minimum atomic E-state index is -4.31. The predicted octanol–water partition coefficient (Wildman–Crippen LogP) is 4.20. The summed E-state index contributed by atoms with van der Waals surface area (Å²) in [7, 11) is 0. The highest BCUT2D eigenvalue weighted by atomic mass is 19.4. The zero-order valence-corrected chi connectivity index (χ0v) is 14.8. The highest BCUT2D eigenvalue weighted by Crippen LogP contribution is 2.32. The molecule has 0 bridgehead atoms. The normalized spacial score (nSPS) is 21.4. The SMILES string of the molecule is CCOCCN[C@@H]1CCCC[C@@H]1OCCc1ccccc1C(F)(F)F. The minimum Gasteiger partial charge on any atom is -0.380 e. The summed E-state index contributed by atoms with van der Waals surface area (Å²) in [4.78, 5) is 0. The van der Waals surface area contributed by atoms with Gasteiger partial charge in [-0.15, -0.1) is 0 Å². The molecular formula is C19H28F3NO2. The van der Waals surface area contributed by atoms with E-state index in [0.29, 0.717) is 25.4 Å². The van der Waals surface area contributed by atoms with Crippen LogP contribution in [0, 0.1) is 0 Å². The number of hydrogen-bond donors (Lipinski definition) is 1. The summed E-state index contributed by atoms with van der Waals surface area (Å²) < 4.78 is 50.4. The molecule has 1 N–H and O–H groups in total. The van der Waals surface area contributed by atoms with Gasteiger partial charge in [0, 0.05) is 19.2 Å². The van der Waals surface area contributed by atoms with E-state index in [9.17, 15) is 13.2 Å². The third-order valence-electron chi connectivity index (χ3n) is 4.59. The Morgan fingerprint density at radius 2 is 1.88 bits per heavy atom. The van der Waals surface area contributed by atoms with Crippen LogP contribution >= 0.6 is 0 Å². The molecule has 1 fully saturated rings. The summed E-state index contributed by atoms with van der Waals surface area (Å²) >= 11 is 0. The van der Waals surface area contributed by atoms with Crippen molar-refractivity contribution >= 4 is 0 Å². The van der Waals surface area contributed by atoms with Crippen molar-refractivity contribution in [1.82, 2.24) is 5.32 Å². The number of halogens is 3. The Hall–Kier alpha value is -1.11. The monoisotopic (exact) mass is 359 g/mol. The molecule has 3 nitrogen and oxygen atoms in total. The van der Waals surface area contributed by atoms with Crippen LogP contribution in [0.2, 0.25) is 0 Å². The maximum Gasteiger partial charge on any atom is 0.416 e. The molecule has 0 amide bonds. The molecule has 142 valence electrons. The van der Waals surface area contributed by atoms with Gasteiger partial charge in [-0.3, -0.25) is 0 Å². The van der Waals surface area contributed by atoms with Crippen molar-refractivity contribution in [1.29, 1.82) is 0 Å². The van der Waals surface area contributed by atoms with Crippen LogP contribution in [0.5, 0.6) is 0 Å². The Labute approximate surface area is 147 Å². The van der Waals surface area contributed by atoms with E-state index >= 15 is 0 Å². The van der Waals surface area contributed by atoms with Gasteiger partial charge >= 0.3 is 6.18 Å². The highest BCUT2D eigenvalue weighted by Gasteiger charge is 2.33. The maximum atomic E-state index is 13.0. The molecule has 0 radical (unpaired) electrons. The van der Waals surface area contributed by atoms with E-state index in [1.54, 1.807) is 6.07 Å². The van der Waals surface area contributed by atoms with Crippen molar-refractivity contribution in [3.63, 3.8) is 0 Å². The second-order valence-electron chi connectivity index (χ2n) is 6.36. The molecule has 1 aliphatic carbocycles. The third kappa shape index (κ3) is 6.60. The third-order valence-corrected chi connectivity index (χ3v) is 4.59. The molecule has 1 aromatic rings. The molecule has 1 aromatic carbocycles. The molecule has 1 saturated carbocycles. The van der Waals surface area contributed by atoms with Gasteiger partial charge in [-0.1, -0.05) is 31.0 Å². The largest absolute Gasteiger partial charge is 0.416 e. The van der Waals surface area contributed by atoms with Crippen LogP contribution in [-0.4, -0.2) is 38.5 Å². The molecule has 6 heteroatoms. The molecule has 0 heterocycles. The average molecular weight is 359 g/mol. The van der Waals surface area contributed by atoms with E-state index < -0.39 is 11.7 Å². The molecule has 0 spiro atoms. The molecule has 25 heavy (non-hydrogen) atoms. The zero-order chi connectivity index (χ0) is 18.1. The van der Waals surface area contributed by atoms with Gasteiger partial charge < -0.3 is 14.8 Å². The Morgan fingerprint density at radius 1 is 1.12 bits per heavy atom. The van der Waals surface area contributed by atoms with Crippen LogP contribution in [-0.2, 0) is 22.1 Å². The molecule has 0 unspecified atom stereocenters. The first kappa shape index (κ1) is 20.2. The molecular weight excluding hydrogens is 331 g/mol. The van der Waals surface area contributed by atoms with E-state index in [2.05, 4.69) is 5.32 Å². The molecule has 0 saturated heterocycles. The van der Waals surface area contributed by atoms with Crippen LogP contribution in [0.15, 0.2) is 24.3 Å². The summed E-state index contributed by atoms with van der Waals surface area (Å²) in [6.07, 6.45) is 0.274. The second-order valence-corrected chi connectivity index (χ2v) is 6.36. The van der Waals surface area contributed by atoms with E-state index in [1.165, 1.54) is 12.1 Å². The van der Waals surface area contributed by atoms with Gasteiger partial charge in [-0.25, -0.2) is 0 Å². The van der Waals surface area contributed by atoms with Gasteiger partial charge in [0.1, 0.15) is 0 Å². The first-order valence-electron chi connectivity index (χ1n) is 9.10. The van der Waals surface area contributed by atoms with Crippen molar-refractivity contribution in [3.05, 3.63) is 35.4 Å². The summed E-state index contributed by atoms with van der Waals surface area (Å²) in [6.45, 7) is 4.41. The van der Waals surface area contributed by atoms with Gasteiger partial charge in [0.2, 0.25) is 0 Å². The number of benzene rings is 1. The van der Waals surface area contributed by atoms with Crippen LogP contribution in [0.3, 0.4) is 0 Å². The summed E-state index contributed by atoms with van der Waals surface area (Å²) in [5.74, 6) is 0. The first-order valence-corrected chi connectivity index (χ1v) is 9.10. The minimum absolute atomic E-state index is 0.0634. The highest BCUT2D eigenvalue weighted by molar-refractivity contribution is 5.29. The standard InChI is InChI=1S/C19H28F3NO2/c1-2-24-14-12-23-17-9-5-6-10-18(17)25-13-11-15-7-3-4-8-16(15)19(20,21)22/h3-4,7-8,17-18,23H,2,5-6,9-14H2,1H3/t17-,18+/m1/s1. The molecule has 1 aliphatic rings. The number of rotatable bonds is 9. The van der Waals surface area contributed by atoms with Crippen molar-refractivity contribution < 1.29 is 22.6 Å². The zero-order valence-electron chi connectivity index (χ0n) is 14.8. The Balaban J connectivity index is 1.83. The summed E-state index contributed by atoms with van der Waals surface area (Å²) in [5.41, 5.74) is -0.264. The van der Waals surface area contributed by atoms with Crippen molar-refractivity contribution in [3.8, 4) is 0 Å². The number of alkyl halides is 3. The predicted molar refractivity (Wildman–Crippen MR) is 91.6 cm³/mol. The van der Waals surface area contributed by atoms with Crippen molar-refractivity contribution in [2.75, 3.05) is 26.4 Å². The lowest BCUT2D eigenvalue weighted by atomic mass is 9.92. The van der Waals surface area contributed by atoms with Crippen molar-refractivity contribution in [2.45, 2.75) is 57.3 Å². The average Bonchev–Trinajstić information content (AvgIpc) is 2.59. The summed E-state index contributed by atoms with van der Waals surface area (Å²) in [5, 5.41) is 3.46. The Bertz CT molecular complexity index is 508. The number of nitrogens with one attached hydrogen (secondary N) is 1. The first-order chi connectivity index (χ1) is 12.0.